The summed E-state index contributed by atoms with van der Waals surface area (Å²) in [5.41, 5.74) is 3.76. The van der Waals surface area contributed by atoms with Crippen LogP contribution < -0.4 is 14.8 Å². The lowest BCUT2D eigenvalue weighted by atomic mass is 10.0. The Morgan fingerprint density at radius 3 is 2.64 bits per heavy atom. The molecule has 22 heavy (non-hydrogen) atoms. The second-order valence-corrected chi connectivity index (χ2v) is 5.48. The maximum absolute atomic E-state index is 12.3. The van der Waals surface area contributed by atoms with Gasteiger partial charge in [-0.3, -0.25) is 4.79 Å². The van der Waals surface area contributed by atoms with Gasteiger partial charge in [-0.15, -0.1) is 0 Å². The van der Waals surface area contributed by atoms with Gasteiger partial charge in [-0.25, -0.2) is 0 Å². The largest absolute Gasteiger partial charge is 0.486 e. The molecule has 0 spiro atoms. The van der Waals surface area contributed by atoms with E-state index in [2.05, 4.69) is 5.32 Å². The van der Waals surface area contributed by atoms with Gasteiger partial charge in [0, 0.05) is 12.1 Å². The number of carbonyl (C=O) groups excluding carboxylic acids is 1. The van der Waals surface area contributed by atoms with Crippen molar-refractivity contribution in [2.75, 3.05) is 13.2 Å². The van der Waals surface area contributed by atoms with Gasteiger partial charge in [-0.1, -0.05) is 23.8 Å². The van der Waals surface area contributed by atoms with Gasteiger partial charge < -0.3 is 14.8 Å². The summed E-state index contributed by atoms with van der Waals surface area (Å²) in [4.78, 5) is 12.3. The van der Waals surface area contributed by atoms with Crippen LogP contribution in [0.3, 0.4) is 0 Å². The smallest absolute Gasteiger partial charge is 0.251 e. The van der Waals surface area contributed by atoms with Gasteiger partial charge in [0.1, 0.15) is 13.2 Å². The molecule has 0 aromatic heterocycles. The molecule has 114 valence electrons. The van der Waals surface area contributed by atoms with Crippen LogP contribution in [0, 0.1) is 13.8 Å². The van der Waals surface area contributed by atoms with E-state index in [1.807, 2.05) is 50.2 Å². The van der Waals surface area contributed by atoms with Crippen molar-refractivity contribution in [3.63, 3.8) is 0 Å². The molecule has 1 amide bonds. The molecule has 1 N–H and O–H groups in total. The average Bonchev–Trinajstić information content (AvgIpc) is 2.54. The van der Waals surface area contributed by atoms with Crippen molar-refractivity contribution in [1.29, 1.82) is 0 Å². The Bertz CT molecular complexity index is 709. The fourth-order valence-corrected chi connectivity index (χ4v) is 2.46. The molecule has 0 unspecified atom stereocenters. The number of hydrogen-bond donors (Lipinski definition) is 1. The number of rotatable bonds is 3. The highest BCUT2D eigenvalue weighted by atomic mass is 16.6. The van der Waals surface area contributed by atoms with Gasteiger partial charge in [0.15, 0.2) is 11.5 Å². The normalized spacial score (nSPS) is 12.8. The highest BCUT2D eigenvalue weighted by molar-refractivity contribution is 5.95. The summed E-state index contributed by atoms with van der Waals surface area (Å²) in [5.74, 6) is 1.44. The van der Waals surface area contributed by atoms with Crippen molar-refractivity contribution in [2.45, 2.75) is 20.4 Å². The number of amides is 1. The molecule has 2 aromatic carbocycles. The summed E-state index contributed by atoms with van der Waals surface area (Å²) in [6.07, 6.45) is 0. The Balaban J connectivity index is 1.69. The second-order valence-electron chi connectivity index (χ2n) is 5.48. The first-order valence-electron chi connectivity index (χ1n) is 7.37. The van der Waals surface area contributed by atoms with Crippen LogP contribution in [0.2, 0.25) is 0 Å². The van der Waals surface area contributed by atoms with Crippen LogP contribution in [0.15, 0.2) is 36.4 Å². The third kappa shape index (κ3) is 3.06. The van der Waals surface area contributed by atoms with Crippen LogP contribution in [-0.4, -0.2) is 19.1 Å². The Labute approximate surface area is 130 Å². The summed E-state index contributed by atoms with van der Waals surface area (Å²) < 4.78 is 11.0. The Hall–Kier alpha value is -2.49. The van der Waals surface area contributed by atoms with E-state index < -0.39 is 0 Å². The number of ether oxygens (including phenoxy) is 2. The van der Waals surface area contributed by atoms with E-state index in [1.54, 1.807) is 0 Å². The van der Waals surface area contributed by atoms with Crippen molar-refractivity contribution in [3.8, 4) is 11.5 Å². The first-order chi connectivity index (χ1) is 10.6. The molecule has 1 heterocycles. The Kier molecular flexibility index (Phi) is 4.00. The molecule has 0 fully saturated rings. The zero-order valence-electron chi connectivity index (χ0n) is 12.8. The van der Waals surface area contributed by atoms with Gasteiger partial charge in [0.2, 0.25) is 0 Å². The number of hydrogen-bond acceptors (Lipinski definition) is 3. The van der Waals surface area contributed by atoms with Crippen molar-refractivity contribution in [3.05, 3.63) is 58.7 Å². The minimum Gasteiger partial charge on any atom is -0.486 e. The molecule has 0 aliphatic carbocycles. The van der Waals surface area contributed by atoms with E-state index in [1.165, 1.54) is 0 Å². The molecule has 0 atom stereocenters. The molecule has 0 saturated carbocycles. The summed E-state index contributed by atoms with van der Waals surface area (Å²) in [7, 11) is 0. The maximum atomic E-state index is 12.3. The van der Waals surface area contributed by atoms with E-state index >= 15 is 0 Å². The topological polar surface area (TPSA) is 47.6 Å². The lowest BCUT2D eigenvalue weighted by Gasteiger charge is -2.19. The predicted molar refractivity (Wildman–Crippen MR) is 84.5 cm³/mol. The van der Waals surface area contributed by atoms with Crippen molar-refractivity contribution < 1.29 is 14.3 Å². The summed E-state index contributed by atoms with van der Waals surface area (Å²) in [5, 5.41) is 2.95. The van der Waals surface area contributed by atoms with E-state index in [0.29, 0.717) is 19.8 Å². The van der Waals surface area contributed by atoms with Crippen LogP contribution in [0.4, 0.5) is 0 Å². The van der Waals surface area contributed by atoms with Gasteiger partial charge >= 0.3 is 0 Å². The molecule has 1 aliphatic rings. The molecule has 4 heteroatoms. The van der Waals surface area contributed by atoms with Gasteiger partial charge in [0.05, 0.1) is 0 Å². The third-order valence-electron chi connectivity index (χ3n) is 3.70. The van der Waals surface area contributed by atoms with Crippen LogP contribution in [0.25, 0.3) is 0 Å². The van der Waals surface area contributed by atoms with E-state index in [9.17, 15) is 4.79 Å². The molecule has 3 rings (SSSR count). The van der Waals surface area contributed by atoms with Crippen molar-refractivity contribution >= 4 is 5.91 Å². The van der Waals surface area contributed by atoms with Crippen molar-refractivity contribution in [2.24, 2.45) is 0 Å². The molecular formula is C18H19NO3. The molecule has 4 nitrogen and oxygen atoms in total. The van der Waals surface area contributed by atoms with Crippen LogP contribution in [0.5, 0.6) is 11.5 Å². The average molecular weight is 297 g/mol. The number of fused-ring (bicyclic) bond motifs is 1. The fraction of sp³-hybridized carbons (Fsp3) is 0.278. The van der Waals surface area contributed by atoms with Crippen molar-refractivity contribution in [1.82, 2.24) is 5.32 Å². The van der Waals surface area contributed by atoms with E-state index in [-0.39, 0.29) is 5.91 Å². The molecular weight excluding hydrogens is 278 g/mol. The SMILES string of the molecule is Cc1ccc(C)c(C(=O)NCc2ccc3c(c2)OCCO3)c1. The zero-order valence-corrected chi connectivity index (χ0v) is 12.8. The summed E-state index contributed by atoms with van der Waals surface area (Å²) >= 11 is 0. The van der Waals surface area contributed by atoms with Crippen LogP contribution >= 0.6 is 0 Å². The minimum atomic E-state index is -0.0592. The molecule has 2 aromatic rings. The van der Waals surface area contributed by atoms with E-state index in [0.717, 1.165) is 33.8 Å². The molecule has 0 radical (unpaired) electrons. The van der Waals surface area contributed by atoms with Crippen LogP contribution in [-0.2, 0) is 6.54 Å². The molecule has 0 saturated heterocycles. The number of carbonyl (C=O) groups is 1. The maximum Gasteiger partial charge on any atom is 0.251 e. The standard InChI is InChI=1S/C18H19NO3/c1-12-3-4-13(2)15(9-12)18(20)19-11-14-5-6-16-17(10-14)22-8-7-21-16/h3-6,9-10H,7-8,11H2,1-2H3,(H,19,20). The highest BCUT2D eigenvalue weighted by Crippen LogP contribution is 2.30. The highest BCUT2D eigenvalue weighted by Gasteiger charge is 2.13. The van der Waals surface area contributed by atoms with Gasteiger partial charge in [0.25, 0.3) is 5.91 Å². The van der Waals surface area contributed by atoms with E-state index in [4.69, 9.17) is 9.47 Å². The predicted octanol–water partition coefficient (Wildman–Crippen LogP) is 3.00. The second kappa shape index (κ2) is 6.10. The zero-order chi connectivity index (χ0) is 15.5. The van der Waals surface area contributed by atoms with Gasteiger partial charge in [-0.05, 0) is 43.2 Å². The van der Waals surface area contributed by atoms with Gasteiger partial charge in [-0.2, -0.15) is 0 Å². The monoisotopic (exact) mass is 297 g/mol. The van der Waals surface area contributed by atoms with Crippen LogP contribution in [0.1, 0.15) is 27.0 Å². The number of nitrogens with one attached hydrogen (secondary N) is 1. The molecule has 1 aliphatic heterocycles. The molecule has 0 bridgehead atoms. The first-order valence-corrected chi connectivity index (χ1v) is 7.37. The third-order valence-corrected chi connectivity index (χ3v) is 3.70. The Morgan fingerprint density at radius 2 is 1.82 bits per heavy atom. The fourth-order valence-electron chi connectivity index (χ4n) is 2.46. The number of aryl methyl sites for hydroxylation is 2. The number of benzene rings is 2. The summed E-state index contributed by atoms with van der Waals surface area (Å²) in [6, 6.07) is 11.6. The quantitative estimate of drug-likeness (QED) is 0.947. The Morgan fingerprint density at radius 1 is 1.05 bits per heavy atom. The lowest BCUT2D eigenvalue weighted by Crippen LogP contribution is -2.24. The first kappa shape index (κ1) is 14.4. The minimum absolute atomic E-state index is 0.0592. The summed E-state index contributed by atoms with van der Waals surface area (Å²) in [6.45, 7) is 5.53. The lowest BCUT2D eigenvalue weighted by molar-refractivity contribution is 0.0950.